The standard InChI is InChI=1S/C31H32ClN5O5S2/c1-2-30(29-14-21-4-5-22(32)15-28(21)43-29)44(40,41)36-17-23(19-38)37(27(18-36)31(39)35-9-11-42-12-10-35)16-20-3-6-24-25(33)7-8-34-26(24)13-20/h2-8,13-15,19,23,27,30H,1,9-12,16-18H2,(H2,33,34). The Morgan fingerprint density at radius 3 is 2.70 bits per heavy atom. The molecule has 230 valence electrons. The summed E-state index contributed by atoms with van der Waals surface area (Å²) in [6, 6.07) is 12.8. The molecule has 4 heterocycles. The molecule has 0 bridgehead atoms. The number of rotatable bonds is 8. The van der Waals surface area contributed by atoms with Crippen LogP contribution in [0.15, 0.2) is 67.4 Å². The van der Waals surface area contributed by atoms with Crippen LogP contribution >= 0.6 is 22.9 Å². The number of pyridine rings is 1. The van der Waals surface area contributed by atoms with Crippen LogP contribution in [0.2, 0.25) is 5.02 Å². The molecule has 2 aliphatic rings. The van der Waals surface area contributed by atoms with Gasteiger partial charge < -0.3 is 20.2 Å². The zero-order valence-electron chi connectivity index (χ0n) is 23.8. The van der Waals surface area contributed by atoms with Gasteiger partial charge in [0.05, 0.1) is 24.8 Å². The Hall–Kier alpha value is -3.39. The van der Waals surface area contributed by atoms with Crippen molar-refractivity contribution in [3.63, 3.8) is 0 Å². The number of carbonyl (C=O) groups is 2. The van der Waals surface area contributed by atoms with Crippen LogP contribution in [0.1, 0.15) is 15.7 Å². The number of nitrogens with zero attached hydrogens (tertiary/aromatic N) is 4. The molecular formula is C31H32ClN5O5S2. The van der Waals surface area contributed by atoms with Crippen LogP contribution in [0.5, 0.6) is 0 Å². The lowest BCUT2D eigenvalue weighted by molar-refractivity contribution is -0.145. The molecule has 4 aromatic rings. The van der Waals surface area contributed by atoms with E-state index in [0.717, 1.165) is 27.3 Å². The van der Waals surface area contributed by atoms with Crippen LogP contribution < -0.4 is 5.73 Å². The van der Waals surface area contributed by atoms with Gasteiger partial charge in [0, 0.05) is 64.6 Å². The predicted octanol–water partition coefficient (Wildman–Crippen LogP) is 3.85. The van der Waals surface area contributed by atoms with Gasteiger partial charge in [-0.15, -0.1) is 17.9 Å². The van der Waals surface area contributed by atoms with E-state index in [1.165, 1.54) is 21.7 Å². The Balaban J connectivity index is 1.34. The van der Waals surface area contributed by atoms with E-state index in [9.17, 15) is 18.0 Å². The minimum Gasteiger partial charge on any atom is -0.398 e. The van der Waals surface area contributed by atoms with Crippen LogP contribution in [0.3, 0.4) is 0 Å². The lowest BCUT2D eigenvalue weighted by Crippen LogP contribution is -2.65. The van der Waals surface area contributed by atoms with Crippen molar-refractivity contribution in [2.24, 2.45) is 0 Å². The highest BCUT2D eigenvalue weighted by Gasteiger charge is 2.45. The summed E-state index contributed by atoms with van der Waals surface area (Å²) < 4.78 is 36.1. The number of nitrogen functional groups attached to an aromatic ring is 1. The van der Waals surface area contributed by atoms with Gasteiger partial charge in [-0.25, -0.2) is 8.42 Å². The van der Waals surface area contributed by atoms with E-state index in [-0.39, 0.29) is 25.5 Å². The molecule has 0 aliphatic carbocycles. The highest BCUT2D eigenvalue weighted by molar-refractivity contribution is 7.89. The summed E-state index contributed by atoms with van der Waals surface area (Å²) >= 11 is 7.50. The van der Waals surface area contributed by atoms with Crippen LogP contribution in [-0.2, 0) is 30.9 Å². The van der Waals surface area contributed by atoms with E-state index in [2.05, 4.69) is 11.6 Å². The maximum atomic E-state index is 14.2. The number of ether oxygens (including phenoxy) is 1. The van der Waals surface area contributed by atoms with Gasteiger partial charge in [0.1, 0.15) is 17.6 Å². The quantitative estimate of drug-likeness (QED) is 0.225. The third-order valence-electron chi connectivity index (χ3n) is 8.24. The summed E-state index contributed by atoms with van der Waals surface area (Å²) in [7, 11) is -4.07. The van der Waals surface area contributed by atoms with E-state index in [4.69, 9.17) is 22.1 Å². The van der Waals surface area contributed by atoms with Crippen molar-refractivity contribution in [1.29, 1.82) is 0 Å². The zero-order chi connectivity index (χ0) is 31.0. The molecule has 2 saturated heterocycles. The highest BCUT2D eigenvalue weighted by Crippen LogP contribution is 2.38. The van der Waals surface area contributed by atoms with Crippen molar-refractivity contribution in [3.05, 3.63) is 82.8 Å². The maximum absolute atomic E-state index is 14.2. The Morgan fingerprint density at radius 1 is 1.16 bits per heavy atom. The monoisotopic (exact) mass is 653 g/mol. The molecule has 3 unspecified atom stereocenters. The third kappa shape index (κ3) is 5.85. The van der Waals surface area contributed by atoms with Crippen LogP contribution in [0.25, 0.3) is 21.0 Å². The number of benzene rings is 2. The van der Waals surface area contributed by atoms with E-state index in [1.54, 1.807) is 34.2 Å². The van der Waals surface area contributed by atoms with E-state index in [0.29, 0.717) is 47.4 Å². The minimum absolute atomic E-state index is 0.0986. The molecule has 2 aliphatic heterocycles. The van der Waals surface area contributed by atoms with E-state index < -0.39 is 27.4 Å². The van der Waals surface area contributed by atoms with Gasteiger partial charge in [0.2, 0.25) is 15.9 Å². The molecule has 44 heavy (non-hydrogen) atoms. The number of sulfonamides is 1. The van der Waals surface area contributed by atoms with Crippen molar-refractivity contribution < 1.29 is 22.7 Å². The second kappa shape index (κ2) is 12.5. The van der Waals surface area contributed by atoms with Crippen molar-refractivity contribution in [1.82, 2.24) is 19.1 Å². The number of carbonyl (C=O) groups excluding carboxylic acids is 2. The first-order valence-electron chi connectivity index (χ1n) is 14.2. The van der Waals surface area contributed by atoms with Crippen molar-refractivity contribution in [2.75, 3.05) is 45.1 Å². The van der Waals surface area contributed by atoms with Gasteiger partial charge >= 0.3 is 0 Å². The number of anilines is 1. The number of aromatic nitrogens is 1. The second-order valence-electron chi connectivity index (χ2n) is 10.9. The molecule has 0 saturated carbocycles. The summed E-state index contributed by atoms with van der Waals surface area (Å²) in [4.78, 5) is 35.2. The van der Waals surface area contributed by atoms with Crippen molar-refractivity contribution >= 4 is 71.8 Å². The maximum Gasteiger partial charge on any atom is 0.241 e. The van der Waals surface area contributed by atoms with Crippen molar-refractivity contribution in [3.8, 4) is 0 Å². The van der Waals surface area contributed by atoms with Gasteiger partial charge in [0.25, 0.3) is 0 Å². The average molecular weight is 654 g/mol. The Labute approximate surface area is 264 Å². The summed E-state index contributed by atoms with van der Waals surface area (Å²) in [6.45, 7) is 5.45. The first kappa shape index (κ1) is 30.6. The molecule has 2 aromatic heterocycles. The SMILES string of the molecule is C=CC(c1cc2ccc(Cl)cc2s1)S(=O)(=O)N1CC(C=O)N(Cc2ccc3c(N)ccnc3c2)C(C(=O)N2CCOCC2)C1. The minimum atomic E-state index is -4.07. The number of amides is 1. The first-order valence-corrected chi connectivity index (χ1v) is 16.9. The largest absolute Gasteiger partial charge is 0.398 e. The number of thiophene rings is 1. The van der Waals surface area contributed by atoms with Crippen LogP contribution in [-0.4, -0.2) is 91.2 Å². The molecule has 10 nitrogen and oxygen atoms in total. The number of nitrogens with two attached hydrogens (primary N) is 1. The van der Waals surface area contributed by atoms with Gasteiger partial charge in [-0.05, 0) is 41.3 Å². The molecule has 0 radical (unpaired) electrons. The molecule has 3 atom stereocenters. The fraction of sp³-hybridized carbons (Fsp3) is 0.323. The third-order valence-corrected chi connectivity index (χ3v) is 11.9. The molecule has 0 spiro atoms. The lowest BCUT2D eigenvalue weighted by Gasteiger charge is -2.45. The highest BCUT2D eigenvalue weighted by atomic mass is 35.5. The molecule has 2 N–H and O–H groups in total. The fourth-order valence-electron chi connectivity index (χ4n) is 5.92. The van der Waals surface area contributed by atoms with Crippen LogP contribution in [0.4, 0.5) is 5.69 Å². The summed E-state index contributed by atoms with van der Waals surface area (Å²) in [6.07, 6.45) is 3.75. The Kier molecular flexibility index (Phi) is 8.73. The van der Waals surface area contributed by atoms with E-state index in [1.807, 2.05) is 30.3 Å². The number of aldehydes is 1. The van der Waals surface area contributed by atoms with Gasteiger partial charge in [-0.3, -0.25) is 14.7 Å². The van der Waals surface area contributed by atoms with Gasteiger partial charge in [-0.2, -0.15) is 4.31 Å². The molecule has 6 rings (SSSR count). The molecule has 1 amide bonds. The fourth-order valence-corrected chi connectivity index (χ4v) is 9.39. The van der Waals surface area contributed by atoms with Crippen LogP contribution in [0, 0.1) is 0 Å². The second-order valence-corrected chi connectivity index (χ2v) is 14.5. The number of hydrogen-bond donors (Lipinski definition) is 1. The normalized spacial score (nSPS) is 21.0. The lowest BCUT2D eigenvalue weighted by atomic mass is 10.0. The first-order chi connectivity index (χ1) is 21.2. The van der Waals surface area contributed by atoms with Gasteiger partial charge in [-0.1, -0.05) is 35.9 Å². The topological polar surface area (TPSA) is 126 Å². The number of halogens is 1. The molecule has 2 fully saturated rings. The summed E-state index contributed by atoms with van der Waals surface area (Å²) in [5.41, 5.74) is 8.23. The van der Waals surface area contributed by atoms with E-state index >= 15 is 0 Å². The molecule has 2 aromatic carbocycles. The van der Waals surface area contributed by atoms with Crippen molar-refractivity contribution in [2.45, 2.75) is 23.9 Å². The smallest absolute Gasteiger partial charge is 0.241 e. The molecule has 13 heteroatoms. The molecular weight excluding hydrogens is 622 g/mol. The Morgan fingerprint density at radius 2 is 1.95 bits per heavy atom. The number of morpholine rings is 1. The zero-order valence-corrected chi connectivity index (χ0v) is 26.2. The van der Waals surface area contributed by atoms with Gasteiger partial charge in [0.15, 0.2) is 0 Å². The number of fused-ring (bicyclic) bond motifs is 2. The predicted molar refractivity (Wildman–Crippen MR) is 173 cm³/mol. The summed E-state index contributed by atoms with van der Waals surface area (Å²) in [5, 5.41) is 1.18. The Bertz CT molecular complexity index is 1840. The number of hydrogen-bond acceptors (Lipinski definition) is 9. The summed E-state index contributed by atoms with van der Waals surface area (Å²) in [5.74, 6) is -0.241. The number of piperazine rings is 1. The average Bonchev–Trinajstić information content (AvgIpc) is 3.43.